The molecule has 0 unspecified atom stereocenters. The van der Waals surface area contributed by atoms with Crippen molar-refractivity contribution in [2.75, 3.05) is 5.43 Å². The van der Waals surface area contributed by atoms with Crippen LogP contribution in [0.15, 0.2) is 28.4 Å². The molecule has 104 valence electrons. The van der Waals surface area contributed by atoms with Crippen molar-refractivity contribution < 1.29 is 0 Å². The number of hydrogen-bond acceptors (Lipinski definition) is 6. The Morgan fingerprint density at radius 1 is 1.35 bits per heavy atom. The van der Waals surface area contributed by atoms with Crippen molar-refractivity contribution in [2.45, 2.75) is 35.7 Å². The molecule has 7 heteroatoms. The molecule has 0 aromatic carbocycles. The van der Waals surface area contributed by atoms with Gasteiger partial charge in [0.2, 0.25) is 0 Å². The summed E-state index contributed by atoms with van der Waals surface area (Å²) in [5.74, 6) is 7.55. The van der Waals surface area contributed by atoms with Crippen molar-refractivity contribution in [3.8, 4) is 0 Å². The summed E-state index contributed by atoms with van der Waals surface area (Å²) in [6.07, 6.45) is 3.93. The molecular formula is C13H14ClN5S. The molecular weight excluding hydrogens is 294 g/mol. The van der Waals surface area contributed by atoms with Crippen LogP contribution in [-0.4, -0.2) is 15.0 Å². The highest BCUT2D eigenvalue weighted by molar-refractivity contribution is 7.99. The number of aromatic nitrogens is 3. The number of halogens is 1. The fourth-order valence-electron chi connectivity index (χ4n) is 1.80. The lowest BCUT2D eigenvalue weighted by molar-refractivity contribution is 0.861. The summed E-state index contributed by atoms with van der Waals surface area (Å²) in [6.45, 7) is 1.95. The minimum Gasteiger partial charge on any atom is -0.308 e. The van der Waals surface area contributed by atoms with Crippen molar-refractivity contribution >= 4 is 29.2 Å². The maximum Gasteiger partial charge on any atom is 0.147 e. The summed E-state index contributed by atoms with van der Waals surface area (Å²) in [6, 6.07) is 3.69. The molecule has 5 nitrogen and oxygen atoms in total. The molecule has 0 bridgehead atoms. The van der Waals surface area contributed by atoms with Crippen LogP contribution in [0.25, 0.3) is 0 Å². The number of nitrogens with zero attached hydrogens (tertiary/aromatic N) is 3. The van der Waals surface area contributed by atoms with E-state index in [0.29, 0.717) is 16.8 Å². The Hall–Kier alpha value is -1.37. The van der Waals surface area contributed by atoms with Gasteiger partial charge in [-0.3, -0.25) is 0 Å². The van der Waals surface area contributed by atoms with Crippen LogP contribution in [0.3, 0.4) is 0 Å². The molecule has 2 heterocycles. The molecule has 3 rings (SSSR count). The van der Waals surface area contributed by atoms with Crippen molar-refractivity contribution in [1.82, 2.24) is 15.0 Å². The van der Waals surface area contributed by atoms with Crippen LogP contribution < -0.4 is 11.3 Å². The molecule has 0 atom stereocenters. The molecule has 0 amide bonds. The topological polar surface area (TPSA) is 76.7 Å². The normalized spacial score (nSPS) is 14.3. The lowest BCUT2D eigenvalue weighted by atomic mass is 10.3. The second-order valence-electron chi connectivity index (χ2n) is 4.70. The van der Waals surface area contributed by atoms with Gasteiger partial charge in [0.1, 0.15) is 21.7 Å². The van der Waals surface area contributed by atoms with E-state index in [4.69, 9.17) is 17.4 Å². The molecule has 3 N–H and O–H groups in total. The Morgan fingerprint density at radius 3 is 2.75 bits per heavy atom. The third kappa shape index (κ3) is 2.87. The number of rotatable bonds is 4. The minimum absolute atomic E-state index is 0.472. The molecule has 20 heavy (non-hydrogen) atoms. The SMILES string of the molecule is Cc1c(NN)nc(C2CC2)nc1Sc1ccc(Cl)cn1. The van der Waals surface area contributed by atoms with Gasteiger partial charge in [0.25, 0.3) is 0 Å². The van der Waals surface area contributed by atoms with E-state index in [9.17, 15) is 0 Å². The molecule has 1 saturated carbocycles. The van der Waals surface area contributed by atoms with E-state index >= 15 is 0 Å². The second-order valence-corrected chi connectivity index (χ2v) is 6.14. The Bertz CT molecular complexity index is 627. The lowest BCUT2D eigenvalue weighted by Gasteiger charge is -2.11. The maximum absolute atomic E-state index is 5.84. The summed E-state index contributed by atoms with van der Waals surface area (Å²) >= 11 is 7.34. The zero-order valence-corrected chi connectivity index (χ0v) is 12.5. The van der Waals surface area contributed by atoms with Crippen molar-refractivity contribution in [3.63, 3.8) is 0 Å². The largest absolute Gasteiger partial charge is 0.308 e. The van der Waals surface area contributed by atoms with Gasteiger partial charge >= 0.3 is 0 Å². The number of anilines is 1. The molecule has 0 radical (unpaired) electrons. The first kappa shape index (κ1) is 13.6. The van der Waals surface area contributed by atoms with Crippen LogP contribution in [-0.2, 0) is 0 Å². The van der Waals surface area contributed by atoms with Crippen LogP contribution in [0.1, 0.15) is 30.1 Å². The monoisotopic (exact) mass is 307 g/mol. The Morgan fingerprint density at radius 2 is 2.15 bits per heavy atom. The van der Waals surface area contributed by atoms with E-state index < -0.39 is 0 Å². The van der Waals surface area contributed by atoms with E-state index in [2.05, 4.69) is 20.4 Å². The van der Waals surface area contributed by atoms with E-state index in [-0.39, 0.29) is 0 Å². The number of pyridine rings is 1. The van der Waals surface area contributed by atoms with Gasteiger partial charge in [-0.25, -0.2) is 20.8 Å². The van der Waals surface area contributed by atoms with Gasteiger partial charge in [-0.1, -0.05) is 11.6 Å². The maximum atomic E-state index is 5.84. The van der Waals surface area contributed by atoms with Crippen molar-refractivity contribution in [3.05, 3.63) is 34.7 Å². The molecule has 2 aromatic heterocycles. The number of nitrogen functional groups attached to an aromatic ring is 1. The smallest absolute Gasteiger partial charge is 0.147 e. The molecule has 1 aliphatic carbocycles. The summed E-state index contributed by atoms with van der Waals surface area (Å²) < 4.78 is 0. The number of hydrogen-bond donors (Lipinski definition) is 2. The number of nitrogens with two attached hydrogens (primary N) is 1. The fraction of sp³-hybridized carbons (Fsp3) is 0.308. The molecule has 1 fully saturated rings. The highest BCUT2D eigenvalue weighted by Gasteiger charge is 2.28. The molecule has 0 spiro atoms. The predicted octanol–water partition coefficient (Wildman–Crippen LogP) is 3.15. The predicted molar refractivity (Wildman–Crippen MR) is 79.9 cm³/mol. The van der Waals surface area contributed by atoms with Crippen LogP contribution >= 0.6 is 23.4 Å². The lowest BCUT2D eigenvalue weighted by Crippen LogP contribution is -2.13. The van der Waals surface area contributed by atoms with Crippen LogP contribution in [0, 0.1) is 6.92 Å². The van der Waals surface area contributed by atoms with E-state index in [1.165, 1.54) is 11.8 Å². The summed E-state index contributed by atoms with van der Waals surface area (Å²) in [5.41, 5.74) is 3.58. The van der Waals surface area contributed by atoms with Crippen molar-refractivity contribution in [2.24, 2.45) is 5.84 Å². The minimum atomic E-state index is 0.472. The number of nitrogens with one attached hydrogen (secondary N) is 1. The molecule has 1 aliphatic rings. The van der Waals surface area contributed by atoms with Gasteiger partial charge in [-0.05, 0) is 43.7 Å². The molecule has 2 aromatic rings. The zero-order chi connectivity index (χ0) is 14.1. The van der Waals surface area contributed by atoms with E-state index in [1.807, 2.05) is 19.1 Å². The number of hydrazine groups is 1. The van der Waals surface area contributed by atoms with Gasteiger partial charge < -0.3 is 5.43 Å². The standard InChI is InChI=1S/C13H14ClN5S/c1-7-11(19-15)17-12(8-2-3-8)18-13(7)20-10-5-4-9(14)6-16-10/h4-6,8H,2-3,15H2,1H3,(H,17,18,19). The van der Waals surface area contributed by atoms with Crippen molar-refractivity contribution in [1.29, 1.82) is 0 Å². The average Bonchev–Trinajstić information content (AvgIpc) is 3.28. The third-order valence-electron chi connectivity index (χ3n) is 3.10. The first-order chi connectivity index (χ1) is 9.67. The van der Waals surface area contributed by atoms with Gasteiger partial charge in [-0.15, -0.1) is 0 Å². The first-order valence-corrected chi connectivity index (χ1v) is 7.51. The Kier molecular flexibility index (Phi) is 3.78. The highest BCUT2D eigenvalue weighted by atomic mass is 35.5. The van der Waals surface area contributed by atoms with Crippen LogP contribution in [0.5, 0.6) is 0 Å². The van der Waals surface area contributed by atoms with Gasteiger partial charge in [-0.2, -0.15) is 0 Å². The zero-order valence-electron chi connectivity index (χ0n) is 10.9. The molecule has 0 saturated heterocycles. The highest BCUT2D eigenvalue weighted by Crippen LogP contribution is 2.40. The average molecular weight is 308 g/mol. The van der Waals surface area contributed by atoms with Crippen LogP contribution in [0.2, 0.25) is 5.02 Å². The van der Waals surface area contributed by atoms with Gasteiger partial charge in [0.05, 0.1) is 5.02 Å². The van der Waals surface area contributed by atoms with Crippen LogP contribution in [0.4, 0.5) is 5.82 Å². The summed E-state index contributed by atoms with van der Waals surface area (Å²) in [7, 11) is 0. The first-order valence-electron chi connectivity index (χ1n) is 6.32. The Labute approximate surface area is 126 Å². The third-order valence-corrected chi connectivity index (χ3v) is 4.36. The summed E-state index contributed by atoms with van der Waals surface area (Å²) in [4.78, 5) is 13.4. The molecule has 0 aliphatic heterocycles. The van der Waals surface area contributed by atoms with Gasteiger partial charge in [0, 0.05) is 17.7 Å². The van der Waals surface area contributed by atoms with E-state index in [0.717, 1.165) is 34.3 Å². The fourth-order valence-corrected chi connectivity index (χ4v) is 2.74. The van der Waals surface area contributed by atoms with E-state index in [1.54, 1.807) is 6.20 Å². The quantitative estimate of drug-likeness (QED) is 0.513. The Balaban J connectivity index is 1.94. The van der Waals surface area contributed by atoms with Gasteiger partial charge in [0.15, 0.2) is 0 Å². The second kappa shape index (κ2) is 5.55. The summed E-state index contributed by atoms with van der Waals surface area (Å²) in [5, 5.41) is 2.35.